The largest absolute Gasteiger partial charge is 0.368 e. The van der Waals surface area contributed by atoms with Crippen LogP contribution in [-0.2, 0) is 17.1 Å². The molecule has 1 amide bonds. The summed E-state index contributed by atoms with van der Waals surface area (Å²) >= 11 is 6.30. The second-order valence-electron chi connectivity index (χ2n) is 8.57. The van der Waals surface area contributed by atoms with Crippen molar-refractivity contribution >= 4 is 33.2 Å². The number of aryl methyl sites for hydroxylation is 1. The molecule has 2 aliphatic rings. The summed E-state index contributed by atoms with van der Waals surface area (Å²) in [6.07, 6.45) is 6.80. The van der Waals surface area contributed by atoms with Crippen LogP contribution in [0.2, 0.25) is 5.02 Å². The molecule has 2 heterocycles. The Morgan fingerprint density at radius 3 is 2.41 bits per heavy atom. The van der Waals surface area contributed by atoms with Crippen LogP contribution in [0.15, 0.2) is 35.5 Å². The number of hydrogen-bond donors (Lipinski definition) is 0. The number of para-hydroxylation sites is 1. The second kappa shape index (κ2) is 9.41. The minimum Gasteiger partial charge on any atom is -0.368 e. The first-order chi connectivity index (χ1) is 15.3. The predicted molar refractivity (Wildman–Crippen MR) is 125 cm³/mol. The molecular formula is C22H30ClN5O3S. The van der Waals surface area contributed by atoms with Crippen molar-refractivity contribution in [1.82, 2.24) is 19.0 Å². The van der Waals surface area contributed by atoms with Crippen molar-refractivity contribution < 1.29 is 13.2 Å². The zero-order chi connectivity index (χ0) is 22.9. The molecule has 0 unspecified atom stereocenters. The Morgan fingerprint density at radius 1 is 1.09 bits per heavy atom. The molecule has 1 aliphatic heterocycles. The fourth-order valence-corrected chi connectivity index (χ4v) is 6.42. The van der Waals surface area contributed by atoms with Gasteiger partial charge in [0.2, 0.25) is 5.03 Å². The van der Waals surface area contributed by atoms with Gasteiger partial charge in [0, 0.05) is 52.5 Å². The van der Waals surface area contributed by atoms with Crippen molar-refractivity contribution in [3.05, 3.63) is 41.0 Å². The Balaban J connectivity index is 1.52. The highest BCUT2D eigenvalue weighted by atomic mass is 35.5. The van der Waals surface area contributed by atoms with Gasteiger partial charge in [0.1, 0.15) is 0 Å². The van der Waals surface area contributed by atoms with E-state index >= 15 is 0 Å². The monoisotopic (exact) mass is 479 g/mol. The summed E-state index contributed by atoms with van der Waals surface area (Å²) in [5, 5.41) is 4.69. The molecule has 0 radical (unpaired) electrons. The molecule has 8 nitrogen and oxygen atoms in total. The van der Waals surface area contributed by atoms with Crippen molar-refractivity contribution in [3.8, 4) is 0 Å². The Kier molecular flexibility index (Phi) is 6.78. The lowest BCUT2D eigenvalue weighted by Crippen LogP contribution is -2.49. The van der Waals surface area contributed by atoms with E-state index in [1.807, 2.05) is 24.3 Å². The average molecular weight is 480 g/mol. The van der Waals surface area contributed by atoms with Gasteiger partial charge in [0.25, 0.3) is 15.9 Å². The molecule has 2 aromatic rings. The van der Waals surface area contributed by atoms with E-state index in [1.54, 1.807) is 19.0 Å². The lowest BCUT2D eigenvalue weighted by molar-refractivity contribution is 0.0692. The first-order valence-electron chi connectivity index (χ1n) is 11.1. The van der Waals surface area contributed by atoms with E-state index in [1.165, 1.54) is 21.6 Å². The molecule has 1 aromatic carbocycles. The van der Waals surface area contributed by atoms with Crippen molar-refractivity contribution in [2.45, 2.75) is 43.2 Å². The number of carbonyl (C=O) groups is 1. The number of hydrogen-bond acceptors (Lipinski definition) is 5. The fourth-order valence-electron chi connectivity index (χ4n) is 4.63. The van der Waals surface area contributed by atoms with Crippen LogP contribution in [0.4, 0.5) is 5.69 Å². The van der Waals surface area contributed by atoms with Gasteiger partial charge in [0.05, 0.1) is 16.3 Å². The summed E-state index contributed by atoms with van der Waals surface area (Å²) in [4.78, 5) is 17.0. The van der Waals surface area contributed by atoms with Crippen molar-refractivity contribution in [3.63, 3.8) is 0 Å². The van der Waals surface area contributed by atoms with Crippen LogP contribution >= 0.6 is 11.6 Å². The summed E-state index contributed by atoms with van der Waals surface area (Å²) in [5.41, 5.74) is 1.04. The van der Waals surface area contributed by atoms with Crippen LogP contribution in [0.25, 0.3) is 0 Å². The summed E-state index contributed by atoms with van der Waals surface area (Å²) in [7, 11) is -0.490. The first kappa shape index (κ1) is 23.1. The fraction of sp³-hybridized carbons (Fsp3) is 0.545. The highest BCUT2D eigenvalue weighted by Gasteiger charge is 2.36. The zero-order valence-corrected chi connectivity index (χ0v) is 20.1. The molecule has 2 fully saturated rings. The van der Waals surface area contributed by atoms with Gasteiger partial charge in [-0.2, -0.15) is 9.40 Å². The average Bonchev–Trinajstić information content (AvgIpc) is 3.21. The van der Waals surface area contributed by atoms with E-state index in [9.17, 15) is 13.2 Å². The molecule has 4 rings (SSSR count). The number of amides is 1. The number of anilines is 1. The number of piperazine rings is 1. The number of benzene rings is 1. The van der Waals surface area contributed by atoms with Crippen LogP contribution in [0, 0.1) is 0 Å². The molecule has 0 bridgehead atoms. The lowest BCUT2D eigenvalue weighted by atomic mass is 9.94. The van der Waals surface area contributed by atoms with E-state index in [4.69, 9.17) is 11.6 Å². The molecule has 1 aromatic heterocycles. The van der Waals surface area contributed by atoms with Gasteiger partial charge in [-0.15, -0.1) is 0 Å². The van der Waals surface area contributed by atoms with Crippen LogP contribution in [0.1, 0.15) is 42.5 Å². The molecule has 0 spiro atoms. The topological polar surface area (TPSA) is 78.8 Å². The number of carbonyl (C=O) groups excluding carboxylic acids is 1. The summed E-state index contributed by atoms with van der Waals surface area (Å²) in [5.74, 6) is -0.279. The number of aromatic nitrogens is 2. The van der Waals surface area contributed by atoms with E-state index in [2.05, 4.69) is 10.00 Å². The molecule has 1 saturated heterocycles. The maximum atomic E-state index is 13.5. The third-order valence-electron chi connectivity index (χ3n) is 6.48. The summed E-state index contributed by atoms with van der Waals surface area (Å²) in [6.45, 7) is 1.63. The number of rotatable bonds is 5. The van der Waals surface area contributed by atoms with E-state index in [-0.39, 0.29) is 22.5 Å². The van der Waals surface area contributed by atoms with Crippen molar-refractivity contribution in [2.75, 3.05) is 38.1 Å². The second-order valence-corrected chi connectivity index (χ2v) is 10.8. The maximum absolute atomic E-state index is 13.5. The minimum absolute atomic E-state index is 0.145. The normalized spacial score (nSPS) is 18.7. The molecule has 174 valence electrons. The van der Waals surface area contributed by atoms with Crippen LogP contribution in [-0.4, -0.2) is 72.6 Å². The molecule has 1 saturated carbocycles. The lowest BCUT2D eigenvalue weighted by Gasteiger charge is -2.35. The predicted octanol–water partition coefficient (Wildman–Crippen LogP) is 2.99. The Bertz CT molecular complexity index is 1070. The molecule has 10 heteroatoms. The van der Waals surface area contributed by atoms with Gasteiger partial charge >= 0.3 is 0 Å². The van der Waals surface area contributed by atoms with E-state index < -0.39 is 10.0 Å². The van der Waals surface area contributed by atoms with E-state index in [0.29, 0.717) is 31.2 Å². The number of nitrogens with zero attached hydrogens (tertiary/aromatic N) is 5. The smallest absolute Gasteiger partial charge is 0.263 e. The number of sulfonamides is 1. The van der Waals surface area contributed by atoms with Gasteiger partial charge < -0.3 is 9.80 Å². The van der Waals surface area contributed by atoms with Crippen LogP contribution in [0.3, 0.4) is 0 Å². The maximum Gasteiger partial charge on any atom is 0.263 e. The molecule has 32 heavy (non-hydrogen) atoms. The van der Waals surface area contributed by atoms with Gasteiger partial charge in [-0.1, -0.05) is 43.0 Å². The van der Waals surface area contributed by atoms with Gasteiger partial charge in [-0.05, 0) is 25.0 Å². The van der Waals surface area contributed by atoms with Crippen LogP contribution in [0.5, 0.6) is 0 Å². The Labute approximate surface area is 194 Å². The zero-order valence-electron chi connectivity index (χ0n) is 18.6. The molecule has 0 N–H and O–H groups in total. The van der Waals surface area contributed by atoms with Crippen LogP contribution < -0.4 is 4.90 Å². The molecule has 0 atom stereocenters. The highest BCUT2D eigenvalue weighted by Crippen LogP contribution is 2.29. The summed E-state index contributed by atoms with van der Waals surface area (Å²) in [6, 6.07) is 7.69. The Hall–Kier alpha value is -2.10. The molecule has 1 aliphatic carbocycles. The third-order valence-corrected chi connectivity index (χ3v) is 8.64. The van der Waals surface area contributed by atoms with Gasteiger partial charge in [-0.3, -0.25) is 9.48 Å². The Morgan fingerprint density at radius 2 is 1.75 bits per heavy atom. The number of halogens is 1. The third kappa shape index (κ3) is 4.51. The van der Waals surface area contributed by atoms with Crippen molar-refractivity contribution in [2.24, 2.45) is 7.05 Å². The highest BCUT2D eigenvalue weighted by molar-refractivity contribution is 7.89. The first-order valence-corrected chi connectivity index (χ1v) is 12.9. The van der Waals surface area contributed by atoms with Crippen molar-refractivity contribution in [1.29, 1.82) is 0 Å². The standard InChI is InChI=1S/C22H30ClN5O3S/c1-25-16-18(22(29)26(2)17-8-4-3-5-9-17)21(24-25)32(30,31)28-14-12-27(13-15-28)20-11-7-6-10-19(20)23/h6-7,10-11,16-17H,3-5,8-9,12-15H2,1-2H3. The van der Waals surface area contributed by atoms with Gasteiger partial charge in [0.15, 0.2) is 0 Å². The quantitative estimate of drug-likeness (QED) is 0.658. The molecular weight excluding hydrogens is 450 g/mol. The minimum atomic E-state index is -3.90. The SMILES string of the molecule is CN(C(=O)c1cn(C)nc1S(=O)(=O)N1CCN(c2ccccc2Cl)CC1)C1CCCCC1. The van der Waals surface area contributed by atoms with Gasteiger partial charge in [-0.25, -0.2) is 8.42 Å². The van der Waals surface area contributed by atoms with E-state index in [0.717, 1.165) is 31.4 Å². The summed E-state index contributed by atoms with van der Waals surface area (Å²) < 4.78 is 29.8.